The summed E-state index contributed by atoms with van der Waals surface area (Å²) in [6.07, 6.45) is 2.15. The lowest BCUT2D eigenvalue weighted by Crippen LogP contribution is -2.01. The molecule has 2 heterocycles. The molecule has 3 N–H and O–H groups in total. The van der Waals surface area contributed by atoms with Crippen LogP contribution in [0.2, 0.25) is 0 Å². The van der Waals surface area contributed by atoms with Crippen molar-refractivity contribution in [2.24, 2.45) is 0 Å². The van der Waals surface area contributed by atoms with Crippen molar-refractivity contribution in [1.29, 1.82) is 0 Å². The predicted molar refractivity (Wildman–Crippen MR) is 93.2 cm³/mol. The molecule has 4 aromatic rings. The standard InChI is InChI=1S/C18H15N5O3/c24-18(25)11-6-7-13(16-15(11)19-17(20-16)9-4-5-9)26-8-10-2-1-3-12-14(10)22-23-21-12/h1-3,6-7,9H,4-5,8H2,(H,19,20)(H,24,25)(H,21,22,23). The van der Waals surface area contributed by atoms with E-state index in [0.29, 0.717) is 29.3 Å². The number of benzene rings is 2. The Balaban J connectivity index is 1.53. The molecule has 0 radical (unpaired) electrons. The monoisotopic (exact) mass is 349 g/mol. The molecule has 0 bridgehead atoms. The van der Waals surface area contributed by atoms with E-state index in [0.717, 1.165) is 35.3 Å². The van der Waals surface area contributed by atoms with E-state index in [2.05, 4.69) is 25.4 Å². The van der Waals surface area contributed by atoms with Gasteiger partial charge in [0, 0.05) is 11.5 Å². The molecule has 26 heavy (non-hydrogen) atoms. The van der Waals surface area contributed by atoms with Gasteiger partial charge in [0.2, 0.25) is 0 Å². The van der Waals surface area contributed by atoms with Gasteiger partial charge in [-0.1, -0.05) is 12.1 Å². The van der Waals surface area contributed by atoms with Gasteiger partial charge in [0.1, 0.15) is 40.2 Å². The first-order valence-electron chi connectivity index (χ1n) is 8.38. The number of carboxylic acids is 1. The zero-order valence-corrected chi connectivity index (χ0v) is 13.7. The van der Waals surface area contributed by atoms with Crippen LogP contribution in [0.15, 0.2) is 30.3 Å². The van der Waals surface area contributed by atoms with E-state index in [1.165, 1.54) is 6.07 Å². The predicted octanol–water partition coefficient (Wildman–Crippen LogP) is 2.99. The number of rotatable bonds is 5. The van der Waals surface area contributed by atoms with Gasteiger partial charge in [-0.2, -0.15) is 15.4 Å². The quantitative estimate of drug-likeness (QED) is 0.510. The molecule has 0 atom stereocenters. The second-order valence-corrected chi connectivity index (χ2v) is 6.43. The van der Waals surface area contributed by atoms with Gasteiger partial charge in [-0.05, 0) is 31.0 Å². The summed E-state index contributed by atoms with van der Waals surface area (Å²) in [7, 11) is 0. The number of para-hydroxylation sites is 1. The van der Waals surface area contributed by atoms with Crippen molar-refractivity contribution in [3.05, 3.63) is 47.3 Å². The molecule has 0 saturated heterocycles. The Bertz CT molecular complexity index is 1140. The van der Waals surface area contributed by atoms with Gasteiger partial charge in [-0.3, -0.25) is 0 Å². The van der Waals surface area contributed by atoms with Crippen LogP contribution in [-0.4, -0.2) is 36.5 Å². The van der Waals surface area contributed by atoms with E-state index >= 15 is 0 Å². The Morgan fingerprint density at radius 2 is 2.08 bits per heavy atom. The van der Waals surface area contributed by atoms with Crippen LogP contribution in [0.25, 0.3) is 22.1 Å². The molecule has 0 spiro atoms. The summed E-state index contributed by atoms with van der Waals surface area (Å²) in [4.78, 5) is 19.3. The van der Waals surface area contributed by atoms with Gasteiger partial charge in [-0.25, -0.2) is 9.78 Å². The molecular formula is C18H15N5O3. The van der Waals surface area contributed by atoms with Crippen LogP contribution in [0.5, 0.6) is 5.75 Å². The number of carboxylic acid groups (broad SMARTS) is 1. The molecule has 2 aromatic heterocycles. The third-order valence-electron chi connectivity index (χ3n) is 4.63. The molecule has 1 fully saturated rings. The van der Waals surface area contributed by atoms with Crippen LogP contribution in [0.4, 0.5) is 0 Å². The fraction of sp³-hybridized carbons (Fsp3) is 0.222. The van der Waals surface area contributed by atoms with E-state index in [-0.39, 0.29) is 5.56 Å². The number of fused-ring (bicyclic) bond motifs is 2. The Hall–Kier alpha value is -3.42. The maximum atomic E-state index is 11.5. The van der Waals surface area contributed by atoms with Crippen LogP contribution < -0.4 is 4.74 Å². The molecule has 1 aliphatic rings. The molecule has 0 aliphatic heterocycles. The number of H-pyrrole nitrogens is 2. The Morgan fingerprint density at radius 3 is 2.88 bits per heavy atom. The lowest BCUT2D eigenvalue weighted by Gasteiger charge is -2.08. The van der Waals surface area contributed by atoms with Crippen molar-refractivity contribution in [2.45, 2.75) is 25.4 Å². The minimum absolute atomic E-state index is 0.175. The van der Waals surface area contributed by atoms with Crippen LogP contribution in [-0.2, 0) is 6.61 Å². The van der Waals surface area contributed by atoms with Crippen LogP contribution >= 0.6 is 0 Å². The molecule has 130 valence electrons. The van der Waals surface area contributed by atoms with E-state index < -0.39 is 5.97 Å². The molecule has 1 aliphatic carbocycles. The summed E-state index contributed by atoms with van der Waals surface area (Å²) in [6.45, 7) is 0.295. The first-order chi connectivity index (χ1) is 12.7. The van der Waals surface area contributed by atoms with E-state index in [9.17, 15) is 9.90 Å². The number of carbonyl (C=O) groups is 1. The highest BCUT2D eigenvalue weighted by atomic mass is 16.5. The molecule has 5 rings (SSSR count). The van der Waals surface area contributed by atoms with Crippen LogP contribution in [0.3, 0.4) is 0 Å². The number of aromatic amines is 2. The zero-order valence-electron chi connectivity index (χ0n) is 13.7. The first-order valence-corrected chi connectivity index (χ1v) is 8.38. The minimum atomic E-state index is -0.997. The Labute approximate surface area is 147 Å². The van der Waals surface area contributed by atoms with Gasteiger partial charge in [-0.15, -0.1) is 0 Å². The van der Waals surface area contributed by atoms with Crippen molar-refractivity contribution in [2.75, 3.05) is 0 Å². The number of imidazole rings is 1. The number of aromatic nitrogens is 5. The normalized spacial score (nSPS) is 14.2. The van der Waals surface area contributed by atoms with E-state index in [1.54, 1.807) is 6.07 Å². The maximum Gasteiger partial charge on any atom is 0.337 e. The fourth-order valence-electron chi connectivity index (χ4n) is 3.13. The SMILES string of the molecule is O=C(O)c1ccc(OCc2cccc3n[nH]nc23)c2[nH]c(C3CC3)nc12. The molecule has 8 nitrogen and oxygen atoms in total. The highest BCUT2D eigenvalue weighted by molar-refractivity contribution is 6.02. The second kappa shape index (κ2) is 5.55. The van der Waals surface area contributed by atoms with Crippen molar-refractivity contribution < 1.29 is 14.6 Å². The molecule has 0 amide bonds. The Morgan fingerprint density at radius 1 is 1.19 bits per heavy atom. The average molecular weight is 349 g/mol. The van der Waals surface area contributed by atoms with E-state index in [1.807, 2.05) is 18.2 Å². The van der Waals surface area contributed by atoms with Crippen LogP contribution in [0, 0.1) is 0 Å². The third-order valence-corrected chi connectivity index (χ3v) is 4.63. The number of nitrogens with zero attached hydrogens (tertiary/aromatic N) is 3. The maximum absolute atomic E-state index is 11.5. The molecular weight excluding hydrogens is 334 g/mol. The van der Waals surface area contributed by atoms with Crippen molar-refractivity contribution in [3.8, 4) is 5.75 Å². The van der Waals surface area contributed by atoms with Crippen LogP contribution in [0.1, 0.15) is 40.5 Å². The number of hydrogen-bond acceptors (Lipinski definition) is 5. The minimum Gasteiger partial charge on any atom is -0.487 e. The summed E-state index contributed by atoms with van der Waals surface area (Å²) < 4.78 is 5.99. The summed E-state index contributed by atoms with van der Waals surface area (Å²) in [5.74, 6) is 0.797. The largest absolute Gasteiger partial charge is 0.487 e. The molecule has 1 saturated carbocycles. The fourth-order valence-corrected chi connectivity index (χ4v) is 3.13. The van der Waals surface area contributed by atoms with Crippen molar-refractivity contribution in [3.63, 3.8) is 0 Å². The molecule has 2 aromatic carbocycles. The lowest BCUT2D eigenvalue weighted by atomic mass is 10.1. The third kappa shape index (κ3) is 2.38. The van der Waals surface area contributed by atoms with Gasteiger partial charge >= 0.3 is 5.97 Å². The highest BCUT2D eigenvalue weighted by Gasteiger charge is 2.28. The summed E-state index contributed by atoms with van der Waals surface area (Å²) in [6, 6.07) is 8.90. The second-order valence-electron chi connectivity index (χ2n) is 6.43. The number of nitrogens with one attached hydrogen (secondary N) is 2. The van der Waals surface area contributed by atoms with Gasteiger partial charge < -0.3 is 14.8 Å². The summed E-state index contributed by atoms with van der Waals surface area (Å²) >= 11 is 0. The highest BCUT2D eigenvalue weighted by Crippen LogP contribution is 2.40. The molecule has 0 unspecified atom stereocenters. The smallest absolute Gasteiger partial charge is 0.337 e. The number of aromatic carboxylic acids is 1. The van der Waals surface area contributed by atoms with Gasteiger partial charge in [0.25, 0.3) is 0 Å². The first kappa shape index (κ1) is 14.9. The van der Waals surface area contributed by atoms with E-state index in [4.69, 9.17) is 4.74 Å². The number of hydrogen-bond donors (Lipinski definition) is 3. The topological polar surface area (TPSA) is 117 Å². The van der Waals surface area contributed by atoms with Gasteiger partial charge in [0.15, 0.2) is 0 Å². The van der Waals surface area contributed by atoms with Crippen molar-refractivity contribution in [1.82, 2.24) is 25.4 Å². The molecule has 8 heteroatoms. The lowest BCUT2D eigenvalue weighted by molar-refractivity contribution is 0.0699. The number of ether oxygens (including phenoxy) is 1. The summed E-state index contributed by atoms with van der Waals surface area (Å²) in [5.41, 5.74) is 3.67. The zero-order chi connectivity index (χ0) is 17.7. The Kier molecular flexibility index (Phi) is 3.18. The average Bonchev–Trinajstić information content (AvgIpc) is 3.20. The van der Waals surface area contributed by atoms with Gasteiger partial charge in [0.05, 0.1) is 5.56 Å². The van der Waals surface area contributed by atoms with Crippen molar-refractivity contribution >= 4 is 28.0 Å². The summed E-state index contributed by atoms with van der Waals surface area (Å²) in [5, 5.41) is 20.3.